The molecule has 0 amide bonds. The summed E-state index contributed by atoms with van der Waals surface area (Å²) >= 11 is 3.67. The van der Waals surface area contributed by atoms with Gasteiger partial charge in [0.1, 0.15) is 0 Å². The Labute approximate surface area is 107 Å². The van der Waals surface area contributed by atoms with Crippen LogP contribution in [-0.2, 0) is 10.2 Å². The van der Waals surface area contributed by atoms with Gasteiger partial charge in [0.2, 0.25) is 0 Å². The van der Waals surface area contributed by atoms with Gasteiger partial charge < -0.3 is 4.74 Å². The maximum absolute atomic E-state index is 5.49. The molecule has 0 saturated heterocycles. The number of hydrogen-bond donors (Lipinski definition) is 0. The van der Waals surface area contributed by atoms with E-state index in [0.717, 1.165) is 31.4 Å². The zero-order valence-corrected chi connectivity index (χ0v) is 11.8. The van der Waals surface area contributed by atoms with E-state index in [1.807, 2.05) is 6.92 Å². The number of hydrogen-bond acceptors (Lipinski definition) is 1. The van der Waals surface area contributed by atoms with Gasteiger partial charge in [0.15, 0.2) is 0 Å². The molecule has 0 radical (unpaired) electrons. The van der Waals surface area contributed by atoms with Crippen molar-refractivity contribution in [1.82, 2.24) is 0 Å². The van der Waals surface area contributed by atoms with E-state index in [4.69, 9.17) is 4.74 Å². The second kappa shape index (κ2) is 7.08. The first-order valence-corrected chi connectivity index (χ1v) is 7.10. The number of alkyl halides is 1. The van der Waals surface area contributed by atoms with E-state index in [9.17, 15) is 0 Å². The molecule has 1 aromatic carbocycles. The van der Waals surface area contributed by atoms with Crippen LogP contribution in [0, 0.1) is 0 Å². The molecule has 2 heteroatoms. The van der Waals surface area contributed by atoms with Crippen LogP contribution in [0.5, 0.6) is 0 Å². The number of benzene rings is 1. The summed E-state index contributed by atoms with van der Waals surface area (Å²) in [7, 11) is 0. The fourth-order valence-corrected chi connectivity index (χ4v) is 2.97. The lowest BCUT2D eigenvalue weighted by Crippen LogP contribution is -2.29. The molecule has 0 aromatic heterocycles. The molecular weight excluding hydrogens is 264 g/mol. The van der Waals surface area contributed by atoms with Gasteiger partial charge in [0, 0.05) is 24.0 Å². The SMILES string of the molecule is CCOCCC(CC)(CBr)c1ccccc1. The van der Waals surface area contributed by atoms with Gasteiger partial charge in [-0.2, -0.15) is 0 Å². The summed E-state index contributed by atoms with van der Waals surface area (Å²) in [4.78, 5) is 0. The third-order valence-electron chi connectivity index (χ3n) is 3.25. The highest BCUT2D eigenvalue weighted by Gasteiger charge is 2.28. The Morgan fingerprint density at radius 1 is 1.19 bits per heavy atom. The van der Waals surface area contributed by atoms with Crippen molar-refractivity contribution in [2.24, 2.45) is 0 Å². The number of ether oxygens (including phenoxy) is 1. The molecule has 0 aliphatic rings. The minimum absolute atomic E-state index is 0.219. The van der Waals surface area contributed by atoms with Crippen molar-refractivity contribution in [3.05, 3.63) is 35.9 Å². The van der Waals surface area contributed by atoms with Gasteiger partial charge >= 0.3 is 0 Å². The van der Waals surface area contributed by atoms with E-state index in [1.54, 1.807) is 0 Å². The zero-order chi connectivity index (χ0) is 11.9. The van der Waals surface area contributed by atoms with Gasteiger partial charge in [-0.3, -0.25) is 0 Å². The standard InChI is InChI=1S/C14H21BrO/c1-3-14(12-15,10-11-16-4-2)13-8-6-5-7-9-13/h5-9H,3-4,10-12H2,1-2H3. The van der Waals surface area contributed by atoms with Gasteiger partial charge in [-0.1, -0.05) is 53.2 Å². The largest absolute Gasteiger partial charge is 0.382 e. The molecule has 0 fully saturated rings. The normalized spacial score (nSPS) is 14.7. The van der Waals surface area contributed by atoms with Crippen molar-refractivity contribution in [2.75, 3.05) is 18.5 Å². The molecule has 0 N–H and O–H groups in total. The van der Waals surface area contributed by atoms with Crippen molar-refractivity contribution in [2.45, 2.75) is 32.1 Å². The first-order valence-electron chi connectivity index (χ1n) is 5.98. The lowest BCUT2D eigenvalue weighted by atomic mass is 9.77. The predicted molar refractivity (Wildman–Crippen MR) is 73.3 cm³/mol. The highest BCUT2D eigenvalue weighted by molar-refractivity contribution is 9.09. The monoisotopic (exact) mass is 284 g/mol. The van der Waals surface area contributed by atoms with Crippen LogP contribution in [0.2, 0.25) is 0 Å². The van der Waals surface area contributed by atoms with Crippen LogP contribution >= 0.6 is 15.9 Å². The topological polar surface area (TPSA) is 9.23 Å². The van der Waals surface area contributed by atoms with Crippen molar-refractivity contribution < 1.29 is 4.74 Å². The number of halogens is 1. The summed E-state index contributed by atoms with van der Waals surface area (Å²) in [5, 5.41) is 0.994. The van der Waals surface area contributed by atoms with E-state index in [0.29, 0.717) is 0 Å². The highest BCUT2D eigenvalue weighted by Crippen LogP contribution is 2.33. The van der Waals surface area contributed by atoms with Crippen LogP contribution in [-0.4, -0.2) is 18.5 Å². The summed E-state index contributed by atoms with van der Waals surface area (Å²) in [6.45, 7) is 5.94. The second-order valence-corrected chi connectivity index (χ2v) is 4.64. The Balaban J connectivity index is 2.79. The van der Waals surface area contributed by atoms with Crippen LogP contribution in [0.25, 0.3) is 0 Å². The fraction of sp³-hybridized carbons (Fsp3) is 0.571. The molecular formula is C14H21BrO. The van der Waals surface area contributed by atoms with E-state index in [2.05, 4.69) is 53.2 Å². The smallest absolute Gasteiger partial charge is 0.0474 e. The summed E-state index contributed by atoms with van der Waals surface area (Å²) < 4.78 is 5.49. The first kappa shape index (κ1) is 13.7. The van der Waals surface area contributed by atoms with Gasteiger partial charge in [0.25, 0.3) is 0 Å². The molecule has 1 nitrogen and oxygen atoms in total. The Hall–Kier alpha value is -0.340. The van der Waals surface area contributed by atoms with Crippen LogP contribution < -0.4 is 0 Å². The van der Waals surface area contributed by atoms with E-state index >= 15 is 0 Å². The molecule has 1 atom stereocenters. The summed E-state index contributed by atoms with van der Waals surface area (Å²) in [5.74, 6) is 0. The Morgan fingerprint density at radius 3 is 2.38 bits per heavy atom. The highest BCUT2D eigenvalue weighted by atomic mass is 79.9. The maximum Gasteiger partial charge on any atom is 0.0474 e. The van der Waals surface area contributed by atoms with Crippen LogP contribution in [0.3, 0.4) is 0 Å². The molecule has 1 rings (SSSR count). The molecule has 0 saturated carbocycles. The maximum atomic E-state index is 5.49. The molecule has 1 aromatic rings. The lowest BCUT2D eigenvalue weighted by Gasteiger charge is -2.31. The van der Waals surface area contributed by atoms with Crippen molar-refractivity contribution >= 4 is 15.9 Å². The Bertz CT molecular complexity index is 280. The average molecular weight is 285 g/mol. The first-order chi connectivity index (χ1) is 7.79. The molecule has 0 heterocycles. The zero-order valence-electron chi connectivity index (χ0n) is 10.2. The summed E-state index contributed by atoms with van der Waals surface area (Å²) in [6.07, 6.45) is 2.21. The molecule has 0 bridgehead atoms. The van der Waals surface area contributed by atoms with E-state index in [-0.39, 0.29) is 5.41 Å². The van der Waals surface area contributed by atoms with Gasteiger partial charge in [-0.05, 0) is 25.3 Å². The van der Waals surface area contributed by atoms with E-state index in [1.165, 1.54) is 5.56 Å². The van der Waals surface area contributed by atoms with Crippen molar-refractivity contribution in [3.63, 3.8) is 0 Å². The minimum Gasteiger partial charge on any atom is -0.382 e. The molecule has 90 valence electrons. The van der Waals surface area contributed by atoms with E-state index < -0.39 is 0 Å². The van der Waals surface area contributed by atoms with Gasteiger partial charge in [-0.25, -0.2) is 0 Å². The fourth-order valence-electron chi connectivity index (χ4n) is 1.97. The quantitative estimate of drug-likeness (QED) is 0.540. The summed E-state index contributed by atoms with van der Waals surface area (Å²) in [6, 6.07) is 10.7. The van der Waals surface area contributed by atoms with Crippen LogP contribution in [0.15, 0.2) is 30.3 Å². The number of rotatable bonds is 7. The van der Waals surface area contributed by atoms with Gasteiger partial charge in [-0.15, -0.1) is 0 Å². The molecule has 0 aliphatic carbocycles. The molecule has 0 spiro atoms. The van der Waals surface area contributed by atoms with Crippen LogP contribution in [0.1, 0.15) is 32.3 Å². The lowest BCUT2D eigenvalue weighted by molar-refractivity contribution is 0.127. The predicted octanol–water partition coefficient (Wildman–Crippen LogP) is 4.16. The molecule has 0 aliphatic heterocycles. The van der Waals surface area contributed by atoms with Gasteiger partial charge in [0.05, 0.1) is 0 Å². The third kappa shape index (κ3) is 3.33. The second-order valence-electron chi connectivity index (χ2n) is 4.08. The molecule has 16 heavy (non-hydrogen) atoms. The van der Waals surface area contributed by atoms with Crippen molar-refractivity contribution in [1.29, 1.82) is 0 Å². The molecule has 1 unspecified atom stereocenters. The Kier molecular flexibility index (Phi) is 6.07. The van der Waals surface area contributed by atoms with Crippen molar-refractivity contribution in [3.8, 4) is 0 Å². The third-order valence-corrected chi connectivity index (χ3v) is 4.32. The Morgan fingerprint density at radius 2 is 1.88 bits per heavy atom. The summed E-state index contributed by atoms with van der Waals surface area (Å²) in [5.41, 5.74) is 1.63. The van der Waals surface area contributed by atoms with Crippen LogP contribution in [0.4, 0.5) is 0 Å². The average Bonchev–Trinajstić information content (AvgIpc) is 2.36. The minimum atomic E-state index is 0.219.